The molecule has 7 heteroatoms. The second kappa shape index (κ2) is 8.75. The fourth-order valence-corrected chi connectivity index (χ4v) is 4.35. The fourth-order valence-electron chi connectivity index (χ4n) is 4.07. The number of aliphatic hydroxyl groups is 2. The van der Waals surface area contributed by atoms with Crippen LogP contribution in [0.5, 0.6) is 0 Å². The van der Waals surface area contributed by atoms with E-state index < -0.39 is 12.2 Å². The summed E-state index contributed by atoms with van der Waals surface area (Å²) in [5.41, 5.74) is 4.78. The maximum Gasteiger partial charge on any atom is 0.255 e. The van der Waals surface area contributed by atoms with Crippen molar-refractivity contribution < 1.29 is 15.0 Å². The van der Waals surface area contributed by atoms with Crippen molar-refractivity contribution in [2.24, 2.45) is 0 Å². The summed E-state index contributed by atoms with van der Waals surface area (Å²) in [7, 11) is 0. The third-order valence-electron chi connectivity index (χ3n) is 5.87. The Morgan fingerprint density at radius 2 is 1.67 bits per heavy atom. The molecular formula is C26H22ClN3O3. The first-order valence-corrected chi connectivity index (χ1v) is 10.9. The lowest BCUT2D eigenvalue weighted by Gasteiger charge is -2.29. The summed E-state index contributed by atoms with van der Waals surface area (Å²) >= 11 is 6.35. The number of nitrogens with one attached hydrogen (secondary N) is 3. The highest BCUT2D eigenvalue weighted by Crippen LogP contribution is 2.41. The number of hydrogen-bond donors (Lipinski definition) is 5. The lowest BCUT2D eigenvalue weighted by molar-refractivity contribution is 0.102. The molecule has 0 fully saturated rings. The van der Waals surface area contributed by atoms with Crippen molar-refractivity contribution in [2.45, 2.75) is 18.8 Å². The van der Waals surface area contributed by atoms with Crippen LogP contribution < -0.4 is 10.6 Å². The van der Waals surface area contributed by atoms with Gasteiger partial charge in [-0.1, -0.05) is 48.0 Å². The minimum atomic E-state index is -0.981. The Balaban J connectivity index is 1.25. The molecule has 0 saturated heterocycles. The van der Waals surface area contributed by atoms with Crippen LogP contribution in [-0.4, -0.2) is 21.1 Å². The van der Waals surface area contributed by atoms with E-state index in [2.05, 4.69) is 15.6 Å². The van der Waals surface area contributed by atoms with Gasteiger partial charge in [0, 0.05) is 34.9 Å². The molecule has 33 heavy (non-hydrogen) atoms. The third kappa shape index (κ3) is 4.12. The Labute approximate surface area is 195 Å². The summed E-state index contributed by atoms with van der Waals surface area (Å²) in [6.07, 6.45) is -0.0669. The number of carbonyl (C=O) groups is 1. The molecule has 1 amide bonds. The van der Waals surface area contributed by atoms with Crippen LogP contribution in [0, 0.1) is 0 Å². The molecule has 0 saturated carbocycles. The quantitative estimate of drug-likeness (QED) is 0.298. The van der Waals surface area contributed by atoms with Gasteiger partial charge in [-0.2, -0.15) is 0 Å². The third-order valence-corrected chi connectivity index (χ3v) is 6.28. The predicted molar refractivity (Wildman–Crippen MR) is 129 cm³/mol. The molecule has 3 aromatic carbocycles. The van der Waals surface area contributed by atoms with Crippen LogP contribution in [0.4, 0.5) is 5.69 Å². The van der Waals surface area contributed by atoms with E-state index in [-0.39, 0.29) is 10.9 Å². The topological polar surface area (TPSA) is 97.4 Å². The molecule has 0 spiro atoms. The van der Waals surface area contributed by atoms with Gasteiger partial charge in [-0.05, 0) is 53.1 Å². The average Bonchev–Trinajstić information content (AvgIpc) is 3.31. The van der Waals surface area contributed by atoms with Crippen molar-refractivity contribution in [1.82, 2.24) is 10.3 Å². The number of aliphatic hydroxyl groups excluding tert-OH is 2. The molecular weight excluding hydrogens is 438 g/mol. The lowest BCUT2D eigenvalue weighted by atomic mass is 9.90. The number of rotatable bonds is 5. The van der Waals surface area contributed by atoms with Crippen LogP contribution >= 0.6 is 11.6 Å². The highest BCUT2D eigenvalue weighted by atomic mass is 35.5. The second-order valence-electron chi connectivity index (χ2n) is 7.98. The van der Waals surface area contributed by atoms with Crippen molar-refractivity contribution in [1.29, 1.82) is 0 Å². The summed E-state index contributed by atoms with van der Waals surface area (Å²) in [4.78, 5) is 15.8. The number of fused-ring (bicyclic) bond motifs is 2. The van der Waals surface area contributed by atoms with Crippen molar-refractivity contribution >= 4 is 34.1 Å². The Bertz CT molecular complexity index is 1360. The number of hydrogen-bond acceptors (Lipinski definition) is 4. The van der Waals surface area contributed by atoms with Gasteiger partial charge in [0.2, 0.25) is 0 Å². The van der Waals surface area contributed by atoms with Crippen LogP contribution in [0.15, 0.2) is 89.7 Å². The normalized spacial score (nSPS) is 17.7. The van der Waals surface area contributed by atoms with Gasteiger partial charge in [0.15, 0.2) is 0 Å². The van der Waals surface area contributed by atoms with Crippen LogP contribution in [0.1, 0.15) is 39.3 Å². The Morgan fingerprint density at radius 3 is 2.42 bits per heavy atom. The van der Waals surface area contributed by atoms with Gasteiger partial charge in [0.25, 0.3) is 5.91 Å². The molecule has 166 valence electrons. The van der Waals surface area contributed by atoms with Gasteiger partial charge in [0.05, 0.1) is 10.7 Å². The van der Waals surface area contributed by atoms with E-state index >= 15 is 0 Å². The van der Waals surface area contributed by atoms with Crippen LogP contribution in [0.3, 0.4) is 0 Å². The average molecular weight is 460 g/mol. The molecule has 1 aromatic heterocycles. The van der Waals surface area contributed by atoms with Gasteiger partial charge >= 0.3 is 0 Å². The van der Waals surface area contributed by atoms with Crippen LogP contribution in [0.25, 0.3) is 10.9 Å². The lowest BCUT2D eigenvalue weighted by Crippen LogP contribution is -2.26. The van der Waals surface area contributed by atoms with E-state index in [0.717, 1.165) is 22.2 Å². The molecule has 1 aliphatic carbocycles. The van der Waals surface area contributed by atoms with Gasteiger partial charge < -0.3 is 25.8 Å². The molecule has 4 aromatic rings. The molecule has 1 aliphatic rings. The van der Waals surface area contributed by atoms with Crippen molar-refractivity contribution in [3.8, 4) is 0 Å². The Morgan fingerprint density at radius 1 is 0.939 bits per heavy atom. The van der Waals surface area contributed by atoms with E-state index in [9.17, 15) is 15.0 Å². The minimum Gasteiger partial charge on any atom is -0.383 e. The number of benzene rings is 3. The minimum absolute atomic E-state index is 0.177. The molecule has 5 N–H and O–H groups in total. The summed E-state index contributed by atoms with van der Waals surface area (Å²) in [6.45, 7) is 0.379. The van der Waals surface area contributed by atoms with Crippen molar-refractivity contribution in [3.63, 3.8) is 0 Å². The molecule has 0 bridgehead atoms. The molecule has 5 rings (SSSR count). The zero-order valence-electron chi connectivity index (χ0n) is 17.5. The van der Waals surface area contributed by atoms with E-state index in [1.807, 2.05) is 48.7 Å². The van der Waals surface area contributed by atoms with Gasteiger partial charge in [0.1, 0.15) is 12.2 Å². The highest BCUT2D eigenvalue weighted by Gasteiger charge is 2.31. The maximum atomic E-state index is 12.6. The SMILES string of the molecule is O=C(Nc1ccc2[nH]ccc2c1)c1ccc(CNC2=C(Cl)C(O)c3ccccc3C2O)cc1. The first kappa shape index (κ1) is 21.3. The van der Waals surface area contributed by atoms with Crippen LogP contribution in [-0.2, 0) is 6.54 Å². The largest absolute Gasteiger partial charge is 0.383 e. The second-order valence-corrected chi connectivity index (χ2v) is 8.39. The number of carbonyl (C=O) groups excluding carboxylic acids is 1. The number of amides is 1. The van der Waals surface area contributed by atoms with Gasteiger partial charge in [-0.25, -0.2) is 0 Å². The Hall–Kier alpha value is -3.58. The summed E-state index contributed by atoms with van der Waals surface area (Å²) < 4.78 is 0. The van der Waals surface area contributed by atoms with Gasteiger partial charge in [-0.15, -0.1) is 0 Å². The number of halogens is 1. The van der Waals surface area contributed by atoms with E-state index in [4.69, 9.17) is 11.6 Å². The summed E-state index contributed by atoms with van der Waals surface area (Å²) in [5, 5.41) is 28.5. The first-order chi connectivity index (χ1) is 16.0. The smallest absolute Gasteiger partial charge is 0.255 e. The zero-order chi connectivity index (χ0) is 22.9. The van der Waals surface area contributed by atoms with E-state index in [1.165, 1.54) is 0 Å². The van der Waals surface area contributed by atoms with Crippen LogP contribution in [0.2, 0.25) is 0 Å². The van der Waals surface area contributed by atoms with E-state index in [1.54, 1.807) is 30.3 Å². The summed E-state index contributed by atoms with van der Waals surface area (Å²) in [6, 6.07) is 22.0. The fraction of sp³-hybridized carbons (Fsp3) is 0.115. The number of aromatic nitrogens is 1. The molecule has 0 radical (unpaired) electrons. The summed E-state index contributed by atoms with van der Waals surface area (Å²) in [5.74, 6) is -0.197. The monoisotopic (exact) mass is 459 g/mol. The molecule has 6 nitrogen and oxygen atoms in total. The standard InChI is InChI=1S/C26H22ClN3O3/c27-22-23(25(32)20-4-2-1-3-19(20)24(22)31)29-14-15-5-7-16(8-6-15)26(33)30-18-9-10-21-17(13-18)11-12-28-21/h1-13,24-25,28-29,31-32H,14H2,(H,30,33). The maximum absolute atomic E-state index is 12.6. The number of H-pyrrole nitrogens is 1. The van der Waals surface area contributed by atoms with Crippen molar-refractivity contribution in [3.05, 3.63) is 112 Å². The zero-order valence-corrected chi connectivity index (χ0v) is 18.3. The predicted octanol–water partition coefficient (Wildman–Crippen LogP) is 4.74. The molecule has 1 heterocycles. The van der Waals surface area contributed by atoms with Crippen molar-refractivity contribution in [2.75, 3.05) is 5.32 Å². The number of anilines is 1. The number of aromatic amines is 1. The van der Waals surface area contributed by atoms with Gasteiger partial charge in [-0.3, -0.25) is 4.79 Å². The Kier molecular flexibility index (Phi) is 5.64. The first-order valence-electron chi connectivity index (χ1n) is 10.6. The molecule has 2 atom stereocenters. The molecule has 2 unspecified atom stereocenters. The van der Waals surface area contributed by atoms with E-state index in [0.29, 0.717) is 28.9 Å². The highest BCUT2D eigenvalue weighted by molar-refractivity contribution is 6.30. The molecule has 0 aliphatic heterocycles.